The highest BCUT2D eigenvalue weighted by Crippen LogP contribution is 2.60. The van der Waals surface area contributed by atoms with Crippen molar-refractivity contribution in [3.8, 4) is 0 Å². The molecule has 1 fully saturated rings. The number of methoxy groups -OCH3 is 2. The third-order valence-corrected chi connectivity index (χ3v) is 4.34. The highest BCUT2D eigenvalue weighted by molar-refractivity contribution is 7.98. The molecule has 2 aliphatic carbocycles. The largest absolute Gasteiger partial charge is 0.501 e. The van der Waals surface area contributed by atoms with Crippen LogP contribution in [-0.4, -0.2) is 31.8 Å². The van der Waals surface area contributed by atoms with E-state index in [0.717, 1.165) is 23.9 Å². The molecule has 0 aromatic carbocycles. The lowest BCUT2D eigenvalue weighted by Gasteiger charge is -2.13. The second-order valence-corrected chi connectivity index (χ2v) is 4.97. The van der Waals surface area contributed by atoms with E-state index in [-0.39, 0.29) is 5.60 Å². The molecule has 14 heavy (non-hydrogen) atoms. The van der Waals surface area contributed by atoms with Gasteiger partial charge in [0.25, 0.3) is 0 Å². The smallest absolute Gasteiger partial charge is 0.0919 e. The van der Waals surface area contributed by atoms with Gasteiger partial charge in [-0.3, -0.25) is 0 Å². The van der Waals surface area contributed by atoms with E-state index in [2.05, 4.69) is 12.3 Å². The van der Waals surface area contributed by atoms with Crippen molar-refractivity contribution in [2.45, 2.75) is 18.4 Å². The van der Waals surface area contributed by atoms with Crippen LogP contribution in [0.3, 0.4) is 0 Å². The number of allylic oxidation sites excluding steroid dienone is 1. The minimum atomic E-state index is 0.125. The Balaban J connectivity index is 2.10. The van der Waals surface area contributed by atoms with Gasteiger partial charge in [0.05, 0.1) is 18.5 Å². The minimum Gasteiger partial charge on any atom is -0.501 e. The zero-order chi connectivity index (χ0) is 10.2. The number of hydrogen-bond donors (Lipinski definition) is 0. The summed E-state index contributed by atoms with van der Waals surface area (Å²) in [5, 5.41) is 0. The monoisotopic (exact) mass is 214 g/mol. The van der Waals surface area contributed by atoms with Crippen LogP contribution in [0, 0.1) is 11.8 Å². The van der Waals surface area contributed by atoms with Crippen molar-refractivity contribution in [3.05, 3.63) is 11.8 Å². The van der Waals surface area contributed by atoms with Crippen molar-refractivity contribution in [2.24, 2.45) is 11.8 Å². The molecule has 3 atom stereocenters. The predicted octanol–water partition coefficient (Wildman–Crippen LogP) is 2.30. The van der Waals surface area contributed by atoms with Crippen LogP contribution in [0.2, 0.25) is 0 Å². The van der Waals surface area contributed by atoms with E-state index in [1.54, 1.807) is 7.11 Å². The number of hydrogen-bond acceptors (Lipinski definition) is 3. The molecule has 2 aliphatic rings. The fourth-order valence-electron chi connectivity index (χ4n) is 2.73. The Morgan fingerprint density at radius 2 is 2.36 bits per heavy atom. The third kappa shape index (κ3) is 1.38. The van der Waals surface area contributed by atoms with Crippen LogP contribution in [0.1, 0.15) is 12.8 Å². The second kappa shape index (κ2) is 3.78. The van der Waals surface area contributed by atoms with Crippen molar-refractivity contribution in [1.29, 1.82) is 0 Å². The molecule has 1 saturated carbocycles. The summed E-state index contributed by atoms with van der Waals surface area (Å²) in [5.74, 6) is 3.58. The molecule has 2 rings (SSSR count). The van der Waals surface area contributed by atoms with Gasteiger partial charge < -0.3 is 9.47 Å². The van der Waals surface area contributed by atoms with Gasteiger partial charge in [-0.2, -0.15) is 11.8 Å². The molecule has 2 nitrogen and oxygen atoms in total. The van der Waals surface area contributed by atoms with E-state index < -0.39 is 0 Å². The fraction of sp³-hybridized carbons (Fsp3) is 0.818. The summed E-state index contributed by atoms with van der Waals surface area (Å²) in [6, 6.07) is 0. The molecule has 0 heterocycles. The average Bonchev–Trinajstić information content (AvgIpc) is 2.87. The molecular formula is C11H18O2S. The summed E-state index contributed by atoms with van der Waals surface area (Å²) in [4.78, 5) is 0. The molecule has 80 valence electrons. The second-order valence-electron chi connectivity index (χ2n) is 4.10. The molecule has 0 radical (unpaired) electrons. The molecule has 0 unspecified atom stereocenters. The Bertz CT molecular complexity index is 252. The molecular weight excluding hydrogens is 196 g/mol. The van der Waals surface area contributed by atoms with Crippen LogP contribution < -0.4 is 0 Å². The van der Waals surface area contributed by atoms with Gasteiger partial charge in [-0.1, -0.05) is 0 Å². The van der Waals surface area contributed by atoms with Gasteiger partial charge in [-0.15, -0.1) is 0 Å². The minimum absolute atomic E-state index is 0.125. The summed E-state index contributed by atoms with van der Waals surface area (Å²) in [6.07, 6.45) is 6.72. The molecule has 0 spiro atoms. The molecule has 0 aromatic heterocycles. The van der Waals surface area contributed by atoms with Crippen LogP contribution >= 0.6 is 11.8 Å². The topological polar surface area (TPSA) is 18.5 Å². The first-order valence-corrected chi connectivity index (χ1v) is 6.46. The first-order valence-electron chi connectivity index (χ1n) is 5.07. The van der Waals surface area contributed by atoms with Crippen LogP contribution in [0.25, 0.3) is 0 Å². The maximum atomic E-state index is 5.71. The van der Waals surface area contributed by atoms with Crippen molar-refractivity contribution in [3.63, 3.8) is 0 Å². The van der Waals surface area contributed by atoms with Gasteiger partial charge >= 0.3 is 0 Å². The first kappa shape index (κ1) is 10.4. The Morgan fingerprint density at radius 3 is 2.93 bits per heavy atom. The Hall–Kier alpha value is -0.150. The van der Waals surface area contributed by atoms with E-state index in [4.69, 9.17) is 9.47 Å². The van der Waals surface area contributed by atoms with E-state index in [1.807, 2.05) is 18.9 Å². The fourth-order valence-corrected chi connectivity index (χ4v) is 3.71. The number of rotatable bonds is 4. The van der Waals surface area contributed by atoms with Crippen molar-refractivity contribution in [2.75, 3.05) is 26.2 Å². The lowest BCUT2D eigenvalue weighted by atomic mass is 10.1. The molecule has 3 heteroatoms. The maximum Gasteiger partial charge on any atom is 0.0919 e. The van der Waals surface area contributed by atoms with E-state index in [0.29, 0.717) is 5.92 Å². The molecule has 0 aromatic rings. The number of fused-ring (bicyclic) bond motifs is 1. The van der Waals surface area contributed by atoms with Gasteiger partial charge in [0.2, 0.25) is 0 Å². The van der Waals surface area contributed by atoms with Crippen LogP contribution in [-0.2, 0) is 9.47 Å². The number of ether oxygens (including phenoxy) is 2. The van der Waals surface area contributed by atoms with Gasteiger partial charge in [-0.05, 0) is 24.7 Å². The van der Waals surface area contributed by atoms with E-state index in [9.17, 15) is 0 Å². The molecule has 0 amide bonds. The lowest BCUT2D eigenvalue weighted by molar-refractivity contribution is 0.0791. The summed E-state index contributed by atoms with van der Waals surface area (Å²) < 4.78 is 11.0. The Kier molecular flexibility index (Phi) is 2.80. The van der Waals surface area contributed by atoms with Crippen molar-refractivity contribution < 1.29 is 9.47 Å². The lowest BCUT2D eigenvalue weighted by Crippen LogP contribution is -2.19. The Morgan fingerprint density at radius 1 is 1.57 bits per heavy atom. The standard InChI is InChI=1S/C11H18O2S/c1-12-8-4-5-9-10(6-8)11(9,13-2)7-14-3/h6,9-10H,4-5,7H2,1-3H3/t9-,10+,11-/m0/s1. The maximum absolute atomic E-state index is 5.71. The van der Waals surface area contributed by atoms with Crippen LogP contribution in [0.5, 0.6) is 0 Å². The van der Waals surface area contributed by atoms with Crippen molar-refractivity contribution >= 4 is 11.8 Å². The Labute approximate surface area is 90.0 Å². The van der Waals surface area contributed by atoms with Gasteiger partial charge in [0.1, 0.15) is 0 Å². The summed E-state index contributed by atoms with van der Waals surface area (Å²) in [7, 11) is 3.60. The predicted molar refractivity (Wildman–Crippen MR) is 59.4 cm³/mol. The molecule has 0 bridgehead atoms. The highest BCUT2D eigenvalue weighted by Gasteiger charge is 2.64. The third-order valence-electron chi connectivity index (χ3n) is 3.60. The first-order chi connectivity index (χ1) is 6.78. The zero-order valence-corrected chi connectivity index (χ0v) is 9.89. The summed E-state index contributed by atoms with van der Waals surface area (Å²) in [5.41, 5.74) is 0.125. The molecule has 0 N–H and O–H groups in total. The van der Waals surface area contributed by atoms with Crippen LogP contribution in [0.15, 0.2) is 11.8 Å². The van der Waals surface area contributed by atoms with Gasteiger partial charge in [-0.25, -0.2) is 0 Å². The van der Waals surface area contributed by atoms with Gasteiger partial charge in [0.15, 0.2) is 0 Å². The molecule has 0 aliphatic heterocycles. The summed E-state index contributed by atoms with van der Waals surface area (Å²) in [6.45, 7) is 0. The highest BCUT2D eigenvalue weighted by atomic mass is 32.2. The zero-order valence-electron chi connectivity index (χ0n) is 9.08. The van der Waals surface area contributed by atoms with Gasteiger partial charge in [0, 0.05) is 25.2 Å². The van der Waals surface area contributed by atoms with Crippen LogP contribution in [0.4, 0.5) is 0 Å². The van der Waals surface area contributed by atoms with E-state index >= 15 is 0 Å². The average molecular weight is 214 g/mol. The quantitative estimate of drug-likeness (QED) is 0.715. The normalized spacial score (nSPS) is 40.1. The summed E-state index contributed by atoms with van der Waals surface area (Å²) >= 11 is 1.88. The van der Waals surface area contributed by atoms with Crippen molar-refractivity contribution in [1.82, 2.24) is 0 Å². The SMILES string of the molecule is COC1=C[C@@H]2[C@H](CC1)[C@]2(CSC)OC. The number of thioether (sulfide) groups is 1. The molecule has 0 saturated heterocycles. The van der Waals surface area contributed by atoms with E-state index in [1.165, 1.54) is 6.42 Å².